The van der Waals surface area contributed by atoms with E-state index in [2.05, 4.69) is 42.8 Å². The lowest BCUT2D eigenvalue weighted by molar-refractivity contribution is -0.154. The molecule has 21 heavy (non-hydrogen) atoms. The monoisotopic (exact) mass is 288 g/mol. The molecular weight excluding hydrogens is 260 g/mol. The van der Waals surface area contributed by atoms with Gasteiger partial charge in [-0.25, -0.2) is 0 Å². The summed E-state index contributed by atoms with van der Waals surface area (Å²) in [5.74, 6) is 12.5. The Bertz CT molecular complexity index is 383. The Morgan fingerprint density at radius 1 is 1.05 bits per heavy atom. The first-order chi connectivity index (χ1) is 10.4. The summed E-state index contributed by atoms with van der Waals surface area (Å²) in [7, 11) is 0. The maximum absolute atomic E-state index is 5.53. The van der Waals surface area contributed by atoms with Gasteiger partial charge in [0.05, 0.1) is 0 Å². The maximum atomic E-state index is 5.53. The number of ether oxygens (including phenoxy) is 2. The molecule has 0 aromatic rings. The summed E-state index contributed by atoms with van der Waals surface area (Å²) in [5, 5.41) is 0. The Kier molecular flexibility index (Phi) is 11.7. The van der Waals surface area contributed by atoms with Crippen LogP contribution in [0.25, 0.3) is 0 Å². The largest absolute Gasteiger partial charge is 0.353 e. The second-order valence-corrected chi connectivity index (χ2v) is 5.15. The third-order valence-corrected chi connectivity index (χ3v) is 3.24. The molecule has 1 aliphatic rings. The van der Waals surface area contributed by atoms with E-state index < -0.39 is 0 Å². The van der Waals surface area contributed by atoms with Crippen molar-refractivity contribution in [2.75, 3.05) is 13.2 Å². The minimum atomic E-state index is -0.0356. The molecule has 1 heterocycles. The van der Waals surface area contributed by atoms with E-state index in [0.29, 0.717) is 6.61 Å². The first-order valence-electron chi connectivity index (χ1n) is 8.23. The van der Waals surface area contributed by atoms with Crippen molar-refractivity contribution in [2.45, 2.75) is 71.0 Å². The van der Waals surface area contributed by atoms with Crippen molar-refractivity contribution in [1.82, 2.24) is 0 Å². The van der Waals surface area contributed by atoms with Gasteiger partial charge in [0.1, 0.15) is 6.61 Å². The minimum Gasteiger partial charge on any atom is -0.353 e. The van der Waals surface area contributed by atoms with Crippen LogP contribution in [0.2, 0.25) is 0 Å². The number of hydrogen-bond acceptors (Lipinski definition) is 2. The summed E-state index contributed by atoms with van der Waals surface area (Å²) in [6, 6.07) is 0. The van der Waals surface area contributed by atoms with Crippen LogP contribution in [-0.4, -0.2) is 19.5 Å². The summed E-state index contributed by atoms with van der Waals surface area (Å²) in [4.78, 5) is 0. The standard InChI is InChI=1S/C19H28O2/c1-2-3-4-5-6-7-8-9-10-11-12-14-17-20-19-16-13-15-18-21-19/h9-10,19H,2-5,8,11,13,15-18H2,1H3/b10-9+. The molecule has 0 aliphatic carbocycles. The molecule has 1 atom stereocenters. The highest BCUT2D eigenvalue weighted by atomic mass is 16.7. The van der Waals surface area contributed by atoms with Crippen LogP contribution in [0, 0.1) is 23.7 Å². The van der Waals surface area contributed by atoms with E-state index in [0.717, 1.165) is 38.7 Å². The van der Waals surface area contributed by atoms with Gasteiger partial charge >= 0.3 is 0 Å². The van der Waals surface area contributed by atoms with Crippen LogP contribution in [0.1, 0.15) is 64.7 Å². The Hall–Kier alpha value is -1.22. The molecular formula is C19H28O2. The molecule has 2 heteroatoms. The Balaban J connectivity index is 1.95. The van der Waals surface area contributed by atoms with E-state index >= 15 is 0 Å². The van der Waals surface area contributed by atoms with Gasteiger partial charge in [0.15, 0.2) is 6.29 Å². The zero-order chi connectivity index (χ0) is 15.0. The highest BCUT2D eigenvalue weighted by Crippen LogP contribution is 2.12. The molecule has 1 saturated heterocycles. The molecule has 1 aliphatic heterocycles. The first kappa shape index (κ1) is 17.8. The first-order valence-corrected chi connectivity index (χ1v) is 8.23. The smallest absolute Gasteiger partial charge is 0.158 e. The van der Waals surface area contributed by atoms with Crippen LogP contribution in [0.4, 0.5) is 0 Å². The number of rotatable bonds is 7. The van der Waals surface area contributed by atoms with Crippen molar-refractivity contribution in [3.63, 3.8) is 0 Å². The van der Waals surface area contributed by atoms with E-state index in [4.69, 9.17) is 9.47 Å². The van der Waals surface area contributed by atoms with Gasteiger partial charge in [-0.1, -0.05) is 49.7 Å². The fourth-order valence-corrected chi connectivity index (χ4v) is 2.01. The lowest BCUT2D eigenvalue weighted by atomic mass is 10.2. The Labute approximate surface area is 130 Å². The molecule has 1 fully saturated rings. The fourth-order valence-electron chi connectivity index (χ4n) is 2.01. The molecule has 0 amide bonds. The van der Waals surface area contributed by atoms with Gasteiger partial charge in [-0.2, -0.15) is 0 Å². The average molecular weight is 288 g/mol. The molecule has 0 bridgehead atoms. The molecule has 0 aromatic heterocycles. The van der Waals surface area contributed by atoms with Crippen LogP contribution >= 0.6 is 0 Å². The molecule has 1 unspecified atom stereocenters. The number of allylic oxidation sites excluding steroid dienone is 2. The summed E-state index contributed by atoms with van der Waals surface area (Å²) < 4.78 is 11.0. The lowest BCUT2D eigenvalue weighted by Gasteiger charge is -2.21. The second kappa shape index (κ2) is 13.7. The molecule has 0 radical (unpaired) electrons. The summed E-state index contributed by atoms with van der Waals surface area (Å²) in [6.45, 7) is 3.50. The van der Waals surface area contributed by atoms with Crippen LogP contribution in [0.5, 0.6) is 0 Å². The average Bonchev–Trinajstić information content (AvgIpc) is 2.53. The van der Waals surface area contributed by atoms with Gasteiger partial charge in [-0.15, -0.1) is 5.92 Å². The summed E-state index contributed by atoms with van der Waals surface area (Å²) in [6.07, 6.45) is 13.9. The molecule has 0 saturated carbocycles. The van der Waals surface area contributed by atoms with E-state index in [9.17, 15) is 0 Å². The molecule has 2 nitrogen and oxygen atoms in total. The highest BCUT2D eigenvalue weighted by Gasteiger charge is 2.12. The molecule has 0 aromatic carbocycles. The van der Waals surface area contributed by atoms with Crippen molar-refractivity contribution in [1.29, 1.82) is 0 Å². The fraction of sp³-hybridized carbons (Fsp3) is 0.684. The van der Waals surface area contributed by atoms with Crippen LogP contribution in [0.15, 0.2) is 12.2 Å². The van der Waals surface area contributed by atoms with Crippen LogP contribution in [-0.2, 0) is 9.47 Å². The van der Waals surface area contributed by atoms with Gasteiger partial charge in [0, 0.05) is 25.9 Å². The third kappa shape index (κ3) is 11.1. The zero-order valence-electron chi connectivity index (χ0n) is 13.3. The molecule has 0 spiro atoms. The second-order valence-electron chi connectivity index (χ2n) is 5.15. The van der Waals surface area contributed by atoms with Crippen molar-refractivity contribution >= 4 is 0 Å². The van der Waals surface area contributed by atoms with E-state index in [1.165, 1.54) is 25.7 Å². The van der Waals surface area contributed by atoms with Crippen molar-refractivity contribution in [2.24, 2.45) is 0 Å². The van der Waals surface area contributed by atoms with Crippen LogP contribution in [0.3, 0.4) is 0 Å². The van der Waals surface area contributed by atoms with Crippen molar-refractivity contribution in [3.05, 3.63) is 12.2 Å². The Morgan fingerprint density at radius 3 is 2.57 bits per heavy atom. The summed E-state index contributed by atoms with van der Waals surface area (Å²) >= 11 is 0. The number of unbranched alkanes of at least 4 members (excludes halogenated alkanes) is 3. The van der Waals surface area contributed by atoms with Gasteiger partial charge in [-0.3, -0.25) is 0 Å². The molecule has 116 valence electrons. The minimum absolute atomic E-state index is 0.0356. The predicted molar refractivity (Wildman–Crippen MR) is 87.6 cm³/mol. The van der Waals surface area contributed by atoms with Gasteiger partial charge in [0.25, 0.3) is 0 Å². The summed E-state index contributed by atoms with van der Waals surface area (Å²) in [5.41, 5.74) is 0. The maximum Gasteiger partial charge on any atom is 0.158 e. The van der Waals surface area contributed by atoms with Crippen molar-refractivity contribution in [3.8, 4) is 23.7 Å². The molecule has 0 N–H and O–H groups in total. The number of hydrogen-bond donors (Lipinski definition) is 0. The molecule has 1 rings (SSSR count). The third-order valence-electron chi connectivity index (χ3n) is 3.24. The van der Waals surface area contributed by atoms with Gasteiger partial charge in [-0.05, 0) is 25.7 Å². The quantitative estimate of drug-likeness (QED) is 0.391. The van der Waals surface area contributed by atoms with E-state index in [1.807, 2.05) is 0 Å². The zero-order valence-corrected chi connectivity index (χ0v) is 13.3. The van der Waals surface area contributed by atoms with E-state index in [-0.39, 0.29) is 6.29 Å². The van der Waals surface area contributed by atoms with Crippen molar-refractivity contribution < 1.29 is 9.47 Å². The van der Waals surface area contributed by atoms with Gasteiger partial charge in [0.2, 0.25) is 0 Å². The predicted octanol–water partition coefficient (Wildman–Crippen LogP) is 4.45. The lowest BCUT2D eigenvalue weighted by Crippen LogP contribution is -2.22. The normalized spacial score (nSPS) is 17.9. The highest BCUT2D eigenvalue weighted by molar-refractivity contribution is 5.08. The van der Waals surface area contributed by atoms with E-state index in [1.54, 1.807) is 0 Å². The SMILES string of the molecule is CCCCCC#CC/C=C/CC#CCOC1CCCCO1. The Morgan fingerprint density at radius 2 is 1.86 bits per heavy atom. The van der Waals surface area contributed by atoms with Gasteiger partial charge < -0.3 is 9.47 Å². The topological polar surface area (TPSA) is 18.5 Å². The van der Waals surface area contributed by atoms with Crippen LogP contribution < -0.4 is 0 Å².